The Kier molecular flexibility index (Phi) is 9.05. The second-order valence-corrected chi connectivity index (χ2v) is 7.69. The molecule has 0 amide bonds. The van der Waals surface area contributed by atoms with Crippen molar-refractivity contribution in [2.45, 2.75) is 38.6 Å². The van der Waals surface area contributed by atoms with E-state index in [1.807, 2.05) is 24.4 Å². The van der Waals surface area contributed by atoms with E-state index in [2.05, 4.69) is 37.6 Å². The molecule has 0 bridgehead atoms. The number of guanidine groups is 1. The number of benzene rings is 1. The van der Waals surface area contributed by atoms with Gasteiger partial charge >= 0.3 is 0 Å². The van der Waals surface area contributed by atoms with E-state index in [1.54, 1.807) is 7.05 Å². The van der Waals surface area contributed by atoms with Crippen LogP contribution < -0.4 is 25.0 Å². The van der Waals surface area contributed by atoms with Gasteiger partial charge in [-0.25, -0.2) is 4.98 Å². The highest BCUT2D eigenvalue weighted by Crippen LogP contribution is 2.32. The van der Waals surface area contributed by atoms with Crippen molar-refractivity contribution in [3.63, 3.8) is 0 Å². The maximum absolute atomic E-state index is 5.77. The number of aromatic nitrogens is 1. The third-order valence-electron chi connectivity index (χ3n) is 5.43. The van der Waals surface area contributed by atoms with Crippen LogP contribution >= 0.6 is 24.0 Å². The number of nitrogens with zero attached hydrogens (tertiary/aromatic N) is 3. The number of ether oxygens (including phenoxy) is 2. The Bertz CT molecular complexity index is 852. The Hall–Kier alpha value is -2.23. The summed E-state index contributed by atoms with van der Waals surface area (Å²) in [4.78, 5) is 11.4. The molecule has 0 unspecified atom stereocenters. The van der Waals surface area contributed by atoms with Crippen LogP contribution in [0.15, 0.2) is 41.5 Å². The Balaban J connectivity index is 0.00000272. The number of pyridine rings is 1. The third kappa shape index (κ3) is 6.62. The Morgan fingerprint density at radius 2 is 1.77 bits per heavy atom. The molecule has 7 nitrogen and oxygen atoms in total. The summed E-state index contributed by atoms with van der Waals surface area (Å²) in [5, 5.41) is 6.66. The van der Waals surface area contributed by atoms with Gasteiger partial charge in [0.2, 0.25) is 0 Å². The highest BCUT2D eigenvalue weighted by molar-refractivity contribution is 14.0. The molecule has 1 fully saturated rings. The summed E-state index contributed by atoms with van der Waals surface area (Å²) < 4.78 is 11.5. The quantitative estimate of drug-likeness (QED) is 0.342. The predicted molar refractivity (Wildman–Crippen MR) is 136 cm³/mol. The SMILES string of the molecule is CN=C(NCc1ccc(N2CCCCCC2)nc1)Nc1ccc2c(c1)OCCCO2.I. The van der Waals surface area contributed by atoms with Gasteiger partial charge in [-0.1, -0.05) is 18.9 Å². The van der Waals surface area contributed by atoms with Gasteiger partial charge in [0, 0.05) is 51.1 Å². The molecule has 1 aromatic heterocycles. The van der Waals surface area contributed by atoms with Crippen LogP contribution in [0.25, 0.3) is 0 Å². The lowest BCUT2D eigenvalue weighted by molar-refractivity contribution is 0.297. The van der Waals surface area contributed by atoms with E-state index >= 15 is 0 Å². The molecule has 2 aromatic rings. The van der Waals surface area contributed by atoms with Crippen molar-refractivity contribution in [1.82, 2.24) is 10.3 Å². The van der Waals surface area contributed by atoms with Crippen LogP contribution in [0, 0.1) is 0 Å². The Labute approximate surface area is 201 Å². The molecule has 1 aromatic carbocycles. The number of fused-ring (bicyclic) bond motifs is 1. The molecule has 8 heteroatoms. The highest BCUT2D eigenvalue weighted by atomic mass is 127. The summed E-state index contributed by atoms with van der Waals surface area (Å²) in [5.41, 5.74) is 2.03. The lowest BCUT2D eigenvalue weighted by Gasteiger charge is -2.21. The molecule has 168 valence electrons. The van der Waals surface area contributed by atoms with Crippen molar-refractivity contribution in [2.24, 2.45) is 4.99 Å². The zero-order valence-corrected chi connectivity index (χ0v) is 20.4. The molecule has 0 spiro atoms. The fraction of sp³-hybridized carbons (Fsp3) is 0.478. The molecular weight excluding hydrogens is 505 g/mol. The van der Waals surface area contributed by atoms with E-state index in [9.17, 15) is 0 Å². The van der Waals surface area contributed by atoms with Crippen molar-refractivity contribution in [2.75, 3.05) is 43.6 Å². The highest BCUT2D eigenvalue weighted by Gasteiger charge is 2.12. The van der Waals surface area contributed by atoms with Gasteiger partial charge < -0.3 is 25.0 Å². The molecule has 31 heavy (non-hydrogen) atoms. The average molecular weight is 537 g/mol. The molecule has 0 radical (unpaired) electrons. The molecule has 2 aliphatic heterocycles. The fourth-order valence-electron chi connectivity index (χ4n) is 3.75. The van der Waals surface area contributed by atoms with Gasteiger partial charge in [-0.2, -0.15) is 0 Å². The maximum Gasteiger partial charge on any atom is 0.195 e. The molecular formula is C23H32IN5O2. The molecule has 2 aliphatic rings. The van der Waals surface area contributed by atoms with Gasteiger partial charge in [-0.3, -0.25) is 4.99 Å². The number of halogens is 1. The minimum atomic E-state index is 0. The number of aliphatic imine (C=N–C) groups is 1. The van der Waals surface area contributed by atoms with Crippen LogP contribution in [0.3, 0.4) is 0 Å². The van der Waals surface area contributed by atoms with Crippen molar-refractivity contribution < 1.29 is 9.47 Å². The van der Waals surface area contributed by atoms with E-state index < -0.39 is 0 Å². The van der Waals surface area contributed by atoms with Crippen molar-refractivity contribution in [1.29, 1.82) is 0 Å². The maximum atomic E-state index is 5.77. The van der Waals surface area contributed by atoms with E-state index in [4.69, 9.17) is 9.47 Å². The summed E-state index contributed by atoms with van der Waals surface area (Å²) in [6.45, 7) is 4.22. The number of rotatable bonds is 4. The van der Waals surface area contributed by atoms with Gasteiger partial charge in [-0.05, 0) is 36.6 Å². The van der Waals surface area contributed by atoms with Crippen LogP contribution in [0.2, 0.25) is 0 Å². The fourth-order valence-corrected chi connectivity index (χ4v) is 3.75. The second kappa shape index (κ2) is 12.0. The number of nitrogens with one attached hydrogen (secondary N) is 2. The first-order chi connectivity index (χ1) is 14.8. The molecule has 0 saturated carbocycles. The molecule has 3 heterocycles. The standard InChI is InChI=1S/C23H31N5O2.HI/c1-24-23(27-19-8-9-20-21(15-19)30-14-6-13-29-20)26-17-18-7-10-22(25-16-18)28-11-4-2-3-5-12-28;/h7-10,15-16H,2-6,11-14,17H2,1H3,(H2,24,26,27);1H. The van der Waals surface area contributed by atoms with Gasteiger partial charge in [0.1, 0.15) is 5.82 Å². The van der Waals surface area contributed by atoms with Gasteiger partial charge in [0.25, 0.3) is 0 Å². The summed E-state index contributed by atoms with van der Waals surface area (Å²) in [6.07, 6.45) is 8.01. The van der Waals surface area contributed by atoms with Gasteiger partial charge in [0.15, 0.2) is 17.5 Å². The first-order valence-corrected chi connectivity index (χ1v) is 10.9. The lowest BCUT2D eigenvalue weighted by atomic mass is 10.2. The van der Waals surface area contributed by atoms with E-state index in [0.29, 0.717) is 25.7 Å². The topological polar surface area (TPSA) is 71.0 Å². The van der Waals surface area contributed by atoms with Crippen molar-refractivity contribution >= 4 is 41.4 Å². The zero-order chi connectivity index (χ0) is 20.6. The van der Waals surface area contributed by atoms with E-state index in [1.165, 1.54) is 25.7 Å². The third-order valence-corrected chi connectivity index (χ3v) is 5.43. The van der Waals surface area contributed by atoms with Crippen molar-refractivity contribution in [3.05, 3.63) is 42.1 Å². The Morgan fingerprint density at radius 3 is 2.48 bits per heavy atom. The molecule has 0 aliphatic carbocycles. The normalized spacial score (nSPS) is 16.5. The summed E-state index contributed by atoms with van der Waals surface area (Å²) >= 11 is 0. The van der Waals surface area contributed by atoms with Crippen LogP contribution in [-0.2, 0) is 6.54 Å². The molecule has 4 rings (SSSR count). The first-order valence-electron chi connectivity index (χ1n) is 10.9. The van der Waals surface area contributed by atoms with Crippen LogP contribution in [0.4, 0.5) is 11.5 Å². The number of hydrogen-bond donors (Lipinski definition) is 2. The Morgan fingerprint density at radius 1 is 1.00 bits per heavy atom. The second-order valence-electron chi connectivity index (χ2n) is 7.69. The first kappa shape index (κ1) is 23.4. The largest absolute Gasteiger partial charge is 0.490 e. The molecule has 2 N–H and O–H groups in total. The van der Waals surface area contributed by atoms with Gasteiger partial charge in [-0.15, -0.1) is 24.0 Å². The predicted octanol–water partition coefficient (Wildman–Crippen LogP) is 4.43. The summed E-state index contributed by atoms with van der Waals surface area (Å²) in [5.74, 6) is 3.33. The lowest BCUT2D eigenvalue weighted by Crippen LogP contribution is -2.30. The molecule has 1 saturated heterocycles. The van der Waals surface area contributed by atoms with E-state index in [-0.39, 0.29) is 24.0 Å². The van der Waals surface area contributed by atoms with Crippen LogP contribution in [-0.4, -0.2) is 44.3 Å². The number of hydrogen-bond acceptors (Lipinski definition) is 5. The summed E-state index contributed by atoms with van der Waals surface area (Å²) in [6, 6.07) is 10.1. The van der Waals surface area contributed by atoms with E-state index in [0.717, 1.165) is 48.1 Å². The minimum absolute atomic E-state index is 0. The van der Waals surface area contributed by atoms with Crippen LogP contribution in [0.5, 0.6) is 11.5 Å². The smallest absolute Gasteiger partial charge is 0.195 e. The van der Waals surface area contributed by atoms with Crippen LogP contribution in [0.1, 0.15) is 37.7 Å². The zero-order valence-electron chi connectivity index (χ0n) is 18.1. The molecule has 0 atom stereocenters. The minimum Gasteiger partial charge on any atom is -0.490 e. The van der Waals surface area contributed by atoms with Gasteiger partial charge in [0.05, 0.1) is 13.2 Å². The monoisotopic (exact) mass is 537 g/mol. The average Bonchev–Trinajstić information content (AvgIpc) is 3.20. The summed E-state index contributed by atoms with van der Waals surface area (Å²) in [7, 11) is 1.76. The number of anilines is 2. The van der Waals surface area contributed by atoms with Crippen molar-refractivity contribution in [3.8, 4) is 11.5 Å².